The van der Waals surface area contributed by atoms with E-state index < -0.39 is 19.0 Å². The van der Waals surface area contributed by atoms with Crippen LogP contribution in [-0.2, 0) is 0 Å². The van der Waals surface area contributed by atoms with Gasteiger partial charge in [-0.1, -0.05) is 30.3 Å². The van der Waals surface area contributed by atoms with Gasteiger partial charge < -0.3 is 9.80 Å². The van der Waals surface area contributed by atoms with Gasteiger partial charge >= 0.3 is 0 Å². The van der Waals surface area contributed by atoms with E-state index in [1.54, 1.807) is 24.5 Å². The van der Waals surface area contributed by atoms with Crippen molar-refractivity contribution in [3.05, 3.63) is 89.7 Å². The van der Waals surface area contributed by atoms with Crippen LogP contribution in [0.4, 0.5) is 8.78 Å². The number of hydrogen-bond acceptors (Lipinski definition) is 3. The summed E-state index contributed by atoms with van der Waals surface area (Å²) in [6, 6.07) is 13.5. The molecule has 3 aromatic rings. The lowest BCUT2D eigenvalue weighted by atomic mass is 9.96. The first kappa shape index (κ1) is 21.1. The van der Waals surface area contributed by atoms with E-state index in [1.165, 1.54) is 10.5 Å². The van der Waals surface area contributed by atoms with Crippen LogP contribution < -0.4 is 0 Å². The summed E-state index contributed by atoms with van der Waals surface area (Å²) in [6.45, 7) is 0.979. The Morgan fingerprint density at radius 1 is 1.06 bits per heavy atom. The molecular formula is C27H23F2N3O. The molecule has 0 saturated carbocycles. The van der Waals surface area contributed by atoms with Gasteiger partial charge in [-0.15, -0.1) is 5.73 Å². The molecule has 0 bridgehead atoms. The quantitative estimate of drug-likeness (QED) is 0.485. The highest BCUT2D eigenvalue weighted by atomic mass is 19.3. The van der Waals surface area contributed by atoms with E-state index in [1.807, 2.05) is 38.2 Å². The molecule has 1 amide bonds. The molecule has 1 saturated heterocycles. The fourth-order valence-corrected chi connectivity index (χ4v) is 4.22. The van der Waals surface area contributed by atoms with Crippen LogP contribution in [-0.4, -0.2) is 46.8 Å². The van der Waals surface area contributed by atoms with Crippen molar-refractivity contribution in [2.45, 2.75) is 19.3 Å². The lowest BCUT2D eigenvalue weighted by Gasteiger charge is -2.38. The van der Waals surface area contributed by atoms with Crippen molar-refractivity contribution < 1.29 is 13.6 Å². The third-order valence-corrected chi connectivity index (χ3v) is 6.22. The number of aromatic nitrogens is 1. The van der Waals surface area contributed by atoms with Gasteiger partial charge in [0.05, 0.1) is 18.8 Å². The number of benzene rings is 2. The predicted molar refractivity (Wildman–Crippen MR) is 126 cm³/mol. The van der Waals surface area contributed by atoms with Crippen LogP contribution in [0.5, 0.6) is 0 Å². The van der Waals surface area contributed by atoms with E-state index in [0.29, 0.717) is 5.56 Å². The number of fused-ring (bicyclic) bond motifs is 1. The van der Waals surface area contributed by atoms with Gasteiger partial charge in [0.2, 0.25) is 0 Å². The van der Waals surface area contributed by atoms with E-state index in [2.05, 4.69) is 33.9 Å². The van der Waals surface area contributed by atoms with Crippen LogP contribution in [0.1, 0.15) is 29.3 Å². The first-order valence-electron chi connectivity index (χ1n) is 10.8. The Hall–Kier alpha value is -3.76. The Balaban J connectivity index is 1.47. The Labute approximate surface area is 191 Å². The molecular weight excluding hydrogens is 420 g/mol. The number of carbonyl (C=O) groups is 1. The molecule has 166 valence electrons. The van der Waals surface area contributed by atoms with Gasteiger partial charge in [0, 0.05) is 42.2 Å². The number of carbonyl (C=O) groups excluding carboxylic acids is 1. The van der Waals surface area contributed by atoms with Crippen molar-refractivity contribution in [1.82, 2.24) is 14.8 Å². The molecule has 2 aliphatic heterocycles. The maximum atomic E-state index is 13.2. The average Bonchev–Trinajstić information content (AvgIpc) is 2.97. The van der Waals surface area contributed by atoms with E-state index in [0.717, 1.165) is 39.6 Å². The molecule has 2 aliphatic rings. The van der Waals surface area contributed by atoms with Gasteiger partial charge in [-0.3, -0.25) is 9.78 Å². The van der Waals surface area contributed by atoms with Crippen LogP contribution in [0.15, 0.2) is 78.6 Å². The molecule has 1 aromatic heterocycles. The second-order valence-corrected chi connectivity index (χ2v) is 8.62. The molecule has 33 heavy (non-hydrogen) atoms. The monoisotopic (exact) mass is 443 g/mol. The minimum Gasteiger partial charge on any atom is -0.348 e. The summed E-state index contributed by atoms with van der Waals surface area (Å²) in [7, 11) is 2.01. The summed E-state index contributed by atoms with van der Waals surface area (Å²) in [5, 5.41) is 1.76. The van der Waals surface area contributed by atoms with Gasteiger partial charge in [0.25, 0.3) is 11.8 Å². The maximum absolute atomic E-state index is 13.2. The largest absolute Gasteiger partial charge is 0.348 e. The number of halogens is 2. The van der Waals surface area contributed by atoms with Crippen molar-refractivity contribution >= 4 is 22.3 Å². The van der Waals surface area contributed by atoms with Crippen LogP contribution in [0.3, 0.4) is 0 Å². The molecule has 3 heterocycles. The Morgan fingerprint density at radius 3 is 2.52 bits per heavy atom. The fraction of sp³-hybridized carbons (Fsp3) is 0.222. The van der Waals surface area contributed by atoms with Crippen LogP contribution >= 0.6 is 0 Å². The van der Waals surface area contributed by atoms with Gasteiger partial charge in [-0.05, 0) is 53.6 Å². The first-order valence-corrected chi connectivity index (χ1v) is 10.8. The van der Waals surface area contributed by atoms with Gasteiger partial charge in [0.1, 0.15) is 0 Å². The zero-order chi connectivity index (χ0) is 23.2. The third-order valence-electron chi connectivity index (χ3n) is 6.22. The highest BCUT2D eigenvalue weighted by Gasteiger charge is 2.46. The van der Waals surface area contributed by atoms with Gasteiger partial charge in [0.15, 0.2) is 0 Å². The smallest absolute Gasteiger partial charge is 0.282 e. The van der Waals surface area contributed by atoms with Crippen molar-refractivity contribution in [3.8, 4) is 11.1 Å². The molecule has 0 unspecified atom stereocenters. The normalized spacial score (nSPS) is 17.3. The summed E-state index contributed by atoms with van der Waals surface area (Å²) in [5.74, 6) is -3.16. The Morgan fingerprint density at radius 2 is 1.79 bits per heavy atom. The summed E-state index contributed by atoms with van der Waals surface area (Å²) < 4.78 is 26.4. The minimum atomic E-state index is -2.78. The van der Waals surface area contributed by atoms with E-state index >= 15 is 0 Å². The fourth-order valence-electron chi connectivity index (χ4n) is 4.22. The van der Waals surface area contributed by atoms with Crippen molar-refractivity contribution in [2.24, 2.45) is 0 Å². The Kier molecular flexibility index (Phi) is 5.10. The lowest BCUT2D eigenvalue weighted by Crippen LogP contribution is -2.58. The number of nitrogens with zero attached hydrogens (tertiary/aromatic N) is 3. The molecule has 0 atom stereocenters. The number of rotatable bonds is 3. The molecule has 4 nitrogen and oxygen atoms in total. The summed E-state index contributed by atoms with van der Waals surface area (Å²) in [6.07, 6.45) is 8.49. The second kappa shape index (κ2) is 7.98. The molecule has 6 heteroatoms. The number of amides is 1. The second-order valence-electron chi connectivity index (χ2n) is 8.62. The zero-order valence-electron chi connectivity index (χ0n) is 18.5. The molecule has 2 aromatic carbocycles. The van der Waals surface area contributed by atoms with Crippen molar-refractivity contribution in [3.63, 3.8) is 0 Å². The number of allylic oxidation sites excluding steroid dienone is 2. The topological polar surface area (TPSA) is 36.4 Å². The molecule has 1 fully saturated rings. The van der Waals surface area contributed by atoms with Gasteiger partial charge in [-0.25, -0.2) is 8.78 Å². The number of likely N-dealkylation sites (tertiary alicyclic amines) is 1. The number of hydrogen-bond donors (Lipinski definition) is 0. The minimum absolute atomic E-state index is 0.373. The Bertz CT molecular complexity index is 1340. The lowest BCUT2D eigenvalue weighted by molar-refractivity contribution is -0.113. The highest BCUT2D eigenvalue weighted by molar-refractivity contribution is 6.03. The van der Waals surface area contributed by atoms with Crippen LogP contribution in [0.2, 0.25) is 0 Å². The van der Waals surface area contributed by atoms with Crippen LogP contribution in [0.25, 0.3) is 27.5 Å². The SMILES string of the molecule is CC1=C=CCC(c2ccc(-c3cncc4ccc(C(=O)N5CC(F)(F)C5)cc34)cc2)=CN1C. The molecule has 0 spiro atoms. The van der Waals surface area contributed by atoms with Crippen LogP contribution in [0, 0.1) is 0 Å². The molecule has 0 aliphatic carbocycles. The van der Waals surface area contributed by atoms with Crippen molar-refractivity contribution in [1.29, 1.82) is 0 Å². The summed E-state index contributed by atoms with van der Waals surface area (Å²) in [5.41, 5.74) is 8.94. The number of pyridine rings is 1. The maximum Gasteiger partial charge on any atom is 0.282 e. The first-order chi connectivity index (χ1) is 15.8. The van der Waals surface area contributed by atoms with E-state index in [-0.39, 0.29) is 5.91 Å². The predicted octanol–water partition coefficient (Wildman–Crippen LogP) is 5.73. The third kappa shape index (κ3) is 4.06. The summed E-state index contributed by atoms with van der Waals surface area (Å²) >= 11 is 0. The molecule has 5 rings (SSSR count). The van der Waals surface area contributed by atoms with Gasteiger partial charge in [-0.2, -0.15) is 0 Å². The average molecular weight is 443 g/mol. The van der Waals surface area contributed by atoms with E-state index in [9.17, 15) is 13.6 Å². The summed E-state index contributed by atoms with van der Waals surface area (Å²) in [4.78, 5) is 20.3. The highest BCUT2D eigenvalue weighted by Crippen LogP contribution is 2.32. The molecule has 0 N–H and O–H groups in total. The van der Waals surface area contributed by atoms with E-state index in [4.69, 9.17) is 0 Å². The standard InChI is InChI=1S/C27H23F2N3O/c1-18-4-3-5-23(15-31(18)2)19-6-8-20(9-7-19)25-14-30-13-22-11-10-21(12-24(22)25)26(33)32-16-27(28,29)17-32/h3,6-15H,5,16-17H2,1-2H3. The zero-order valence-corrected chi connectivity index (χ0v) is 18.5. The van der Waals surface area contributed by atoms with Crippen molar-refractivity contribution in [2.75, 3.05) is 20.1 Å². The molecule has 0 radical (unpaired) electrons. The number of alkyl halides is 2.